The van der Waals surface area contributed by atoms with Gasteiger partial charge in [-0.25, -0.2) is 4.39 Å². The Bertz CT molecular complexity index is 1400. The molecule has 4 aromatic rings. The van der Waals surface area contributed by atoms with E-state index in [1.165, 1.54) is 26.4 Å². The number of amides is 2. The molecule has 0 radical (unpaired) electrons. The third-order valence-electron chi connectivity index (χ3n) is 5.25. The van der Waals surface area contributed by atoms with Gasteiger partial charge >= 0.3 is 0 Å². The Morgan fingerprint density at radius 3 is 2.41 bits per heavy atom. The number of methoxy groups -OCH3 is 2. The summed E-state index contributed by atoms with van der Waals surface area (Å²) in [6.45, 7) is 0.0804. The molecule has 1 heterocycles. The number of ether oxygens (including phenoxy) is 2. The van der Waals surface area contributed by atoms with E-state index in [1.807, 2.05) is 30.3 Å². The number of carbonyl (C=O) groups is 2. The first-order chi connectivity index (χ1) is 18.0. The fraction of sp³-hybridized carbons (Fsp3) is 0.154. The fourth-order valence-electron chi connectivity index (χ4n) is 3.46. The molecule has 2 N–H and O–H groups in total. The molecule has 0 aliphatic carbocycles. The van der Waals surface area contributed by atoms with Gasteiger partial charge in [-0.15, -0.1) is 10.2 Å². The number of hydrogen-bond donors (Lipinski definition) is 2. The average molecular weight is 522 g/mol. The molecule has 11 heteroatoms. The van der Waals surface area contributed by atoms with E-state index < -0.39 is 5.82 Å². The van der Waals surface area contributed by atoms with Crippen LogP contribution in [-0.4, -0.2) is 46.6 Å². The van der Waals surface area contributed by atoms with Crippen LogP contribution in [-0.2, 0) is 11.3 Å². The van der Waals surface area contributed by atoms with Crippen LogP contribution in [0.25, 0.3) is 5.69 Å². The molecule has 0 unspecified atom stereocenters. The van der Waals surface area contributed by atoms with Gasteiger partial charge in [0.25, 0.3) is 5.91 Å². The first kappa shape index (κ1) is 25.7. The molecular formula is C26H24FN5O4S. The van der Waals surface area contributed by atoms with Crippen molar-refractivity contribution < 1.29 is 23.5 Å². The van der Waals surface area contributed by atoms with E-state index in [9.17, 15) is 14.0 Å². The number of anilines is 1. The zero-order valence-corrected chi connectivity index (χ0v) is 20.9. The smallest absolute Gasteiger partial charge is 0.251 e. The molecule has 0 fully saturated rings. The van der Waals surface area contributed by atoms with Crippen LogP contribution in [0.15, 0.2) is 78.0 Å². The number of halogens is 1. The zero-order chi connectivity index (χ0) is 26.2. The maximum Gasteiger partial charge on any atom is 0.251 e. The molecule has 0 saturated heterocycles. The van der Waals surface area contributed by atoms with Gasteiger partial charge in [-0.1, -0.05) is 42.1 Å². The Hall–Kier alpha value is -4.38. The van der Waals surface area contributed by atoms with E-state index in [4.69, 9.17) is 9.47 Å². The monoisotopic (exact) mass is 521 g/mol. The van der Waals surface area contributed by atoms with Gasteiger partial charge in [-0.3, -0.25) is 14.2 Å². The lowest BCUT2D eigenvalue weighted by molar-refractivity contribution is -0.113. The van der Waals surface area contributed by atoms with Crippen molar-refractivity contribution in [2.24, 2.45) is 0 Å². The summed E-state index contributed by atoms with van der Waals surface area (Å²) < 4.78 is 26.1. The molecule has 0 atom stereocenters. The number of nitrogens with one attached hydrogen (secondary N) is 2. The number of nitrogens with zero attached hydrogens (tertiary/aromatic N) is 3. The lowest BCUT2D eigenvalue weighted by Gasteiger charge is -2.12. The number of aromatic nitrogens is 3. The zero-order valence-electron chi connectivity index (χ0n) is 20.1. The number of thioether (sulfide) groups is 1. The van der Waals surface area contributed by atoms with Crippen molar-refractivity contribution in [1.82, 2.24) is 20.1 Å². The van der Waals surface area contributed by atoms with Crippen LogP contribution in [0.2, 0.25) is 0 Å². The van der Waals surface area contributed by atoms with Crippen LogP contribution in [0.4, 0.5) is 10.1 Å². The number of hydrogen-bond acceptors (Lipinski definition) is 7. The van der Waals surface area contributed by atoms with Crippen molar-refractivity contribution in [2.75, 3.05) is 25.3 Å². The van der Waals surface area contributed by atoms with E-state index in [-0.39, 0.29) is 29.8 Å². The molecule has 0 bridgehead atoms. The summed E-state index contributed by atoms with van der Waals surface area (Å²) in [4.78, 5) is 25.2. The maximum absolute atomic E-state index is 13.9. The van der Waals surface area contributed by atoms with Gasteiger partial charge in [-0.2, -0.15) is 0 Å². The normalized spacial score (nSPS) is 10.6. The first-order valence-electron chi connectivity index (χ1n) is 11.2. The van der Waals surface area contributed by atoms with Crippen molar-refractivity contribution in [3.8, 4) is 17.2 Å². The Labute approximate surface area is 217 Å². The van der Waals surface area contributed by atoms with Crippen molar-refractivity contribution in [3.63, 3.8) is 0 Å². The van der Waals surface area contributed by atoms with Crippen LogP contribution < -0.4 is 20.1 Å². The van der Waals surface area contributed by atoms with E-state index in [1.54, 1.807) is 34.9 Å². The second-order valence-corrected chi connectivity index (χ2v) is 8.58. The molecule has 4 rings (SSSR count). The molecule has 0 saturated carbocycles. The lowest BCUT2D eigenvalue weighted by atomic mass is 10.2. The van der Waals surface area contributed by atoms with Crippen LogP contribution in [0, 0.1) is 5.82 Å². The van der Waals surface area contributed by atoms with E-state index >= 15 is 0 Å². The Balaban J connectivity index is 1.49. The van der Waals surface area contributed by atoms with Crippen LogP contribution in [0.5, 0.6) is 11.5 Å². The maximum atomic E-state index is 13.9. The number of rotatable bonds is 10. The van der Waals surface area contributed by atoms with Gasteiger partial charge in [0, 0.05) is 11.3 Å². The number of para-hydroxylation sites is 2. The summed E-state index contributed by atoms with van der Waals surface area (Å²) in [5, 5.41) is 14.3. The summed E-state index contributed by atoms with van der Waals surface area (Å²) in [6.07, 6.45) is 0. The molecule has 9 nitrogen and oxygen atoms in total. The molecule has 0 spiro atoms. The van der Waals surface area contributed by atoms with Crippen LogP contribution in [0.3, 0.4) is 0 Å². The minimum atomic E-state index is -0.513. The molecular weight excluding hydrogens is 497 g/mol. The number of carbonyl (C=O) groups excluding carboxylic acids is 2. The molecule has 3 aromatic carbocycles. The van der Waals surface area contributed by atoms with Gasteiger partial charge in [-0.05, 0) is 42.5 Å². The summed E-state index contributed by atoms with van der Waals surface area (Å²) in [5.41, 5.74) is 1.26. The highest BCUT2D eigenvalue weighted by molar-refractivity contribution is 7.99. The predicted octanol–water partition coefficient (Wildman–Crippen LogP) is 4.08. The quantitative estimate of drug-likeness (QED) is 0.303. The Morgan fingerprint density at radius 2 is 1.68 bits per heavy atom. The molecule has 37 heavy (non-hydrogen) atoms. The Kier molecular flexibility index (Phi) is 8.37. The minimum absolute atomic E-state index is 0.0166. The van der Waals surface area contributed by atoms with Crippen molar-refractivity contribution in [2.45, 2.75) is 11.7 Å². The SMILES string of the molecule is COc1ccc(C(=O)NCc2nnc(SCC(=O)Nc3ccccc3F)n2-c2ccccc2)cc1OC. The van der Waals surface area contributed by atoms with Crippen molar-refractivity contribution in [1.29, 1.82) is 0 Å². The molecule has 2 amide bonds. The second-order valence-electron chi connectivity index (χ2n) is 7.64. The minimum Gasteiger partial charge on any atom is -0.493 e. The highest BCUT2D eigenvalue weighted by Crippen LogP contribution is 2.28. The molecule has 0 aliphatic rings. The number of benzene rings is 3. The largest absolute Gasteiger partial charge is 0.493 e. The van der Waals surface area contributed by atoms with Crippen molar-refractivity contribution >= 4 is 29.3 Å². The van der Waals surface area contributed by atoms with E-state index in [0.717, 1.165) is 17.4 Å². The lowest BCUT2D eigenvalue weighted by Crippen LogP contribution is -2.24. The third kappa shape index (κ3) is 6.25. The summed E-state index contributed by atoms with van der Waals surface area (Å²) in [7, 11) is 3.02. The average Bonchev–Trinajstić information content (AvgIpc) is 3.34. The van der Waals surface area contributed by atoms with Crippen LogP contribution in [0.1, 0.15) is 16.2 Å². The fourth-order valence-corrected chi connectivity index (χ4v) is 4.23. The molecule has 1 aromatic heterocycles. The summed E-state index contributed by atoms with van der Waals surface area (Å²) in [6, 6.07) is 20.2. The van der Waals surface area contributed by atoms with Crippen molar-refractivity contribution in [3.05, 3.63) is 90.0 Å². The van der Waals surface area contributed by atoms with Gasteiger partial charge in [0.15, 0.2) is 22.5 Å². The van der Waals surface area contributed by atoms with Gasteiger partial charge < -0.3 is 20.1 Å². The summed E-state index contributed by atoms with van der Waals surface area (Å²) in [5.74, 6) is 0.177. The third-order valence-corrected chi connectivity index (χ3v) is 6.18. The molecule has 190 valence electrons. The van der Waals surface area contributed by atoms with E-state index in [2.05, 4.69) is 20.8 Å². The van der Waals surface area contributed by atoms with Gasteiger partial charge in [0.2, 0.25) is 5.91 Å². The van der Waals surface area contributed by atoms with Gasteiger partial charge in [0.05, 0.1) is 32.2 Å². The topological polar surface area (TPSA) is 107 Å². The van der Waals surface area contributed by atoms with E-state index in [0.29, 0.717) is 28.0 Å². The highest BCUT2D eigenvalue weighted by Gasteiger charge is 2.18. The van der Waals surface area contributed by atoms with Crippen LogP contribution >= 0.6 is 11.8 Å². The van der Waals surface area contributed by atoms with Gasteiger partial charge in [0.1, 0.15) is 5.82 Å². The predicted molar refractivity (Wildman–Crippen MR) is 138 cm³/mol. The second kappa shape index (κ2) is 12.0. The molecule has 0 aliphatic heterocycles. The first-order valence-corrected chi connectivity index (χ1v) is 12.2. The standard InChI is InChI=1S/C26H24FN5O4S/c1-35-21-13-12-17(14-22(21)36-2)25(34)28-15-23-30-31-26(32(23)18-8-4-3-5-9-18)37-16-24(33)29-20-11-7-6-10-19(20)27/h3-14H,15-16H2,1-2H3,(H,28,34)(H,29,33). The Morgan fingerprint density at radius 1 is 0.946 bits per heavy atom. The highest BCUT2D eigenvalue weighted by atomic mass is 32.2. The summed E-state index contributed by atoms with van der Waals surface area (Å²) >= 11 is 1.15.